The van der Waals surface area contributed by atoms with Gasteiger partial charge < -0.3 is 19.9 Å². The van der Waals surface area contributed by atoms with Crippen molar-refractivity contribution in [2.45, 2.75) is 44.6 Å². The highest BCUT2D eigenvalue weighted by molar-refractivity contribution is 5.88. The Kier molecular flexibility index (Phi) is 4.15. The third kappa shape index (κ3) is 3.25. The molecule has 1 aliphatic carbocycles. The van der Waals surface area contributed by atoms with E-state index in [0.717, 1.165) is 18.4 Å². The molecule has 0 radical (unpaired) electrons. The third-order valence-corrected chi connectivity index (χ3v) is 4.72. The molecule has 0 atom stereocenters. The van der Waals surface area contributed by atoms with Crippen LogP contribution in [0.15, 0.2) is 18.2 Å². The Bertz CT molecular complexity index is 619. The number of nitrogens with one attached hydrogen (secondary N) is 1. The van der Waals surface area contributed by atoms with Gasteiger partial charge in [-0.1, -0.05) is 13.0 Å². The molecule has 0 saturated heterocycles. The summed E-state index contributed by atoms with van der Waals surface area (Å²) in [5, 5.41) is 12.3. The summed E-state index contributed by atoms with van der Waals surface area (Å²) in [6.07, 6.45) is 2.72. The number of hydrogen-bond donors (Lipinski definition) is 2. The monoisotopic (exact) mass is 319 g/mol. The van der Waals surface area contributed by atoms with E-state index in [0.29, 0.717) is 30.3 Å². The molecule has 6 heteroatoms. The van der Waals surface area contributed by atoms with E-state index in [4.69, 9.17) is 9.47 Å². The van der Waals surface area contributed by atoms with Gasteiger partial charge in [0.1, 0.15) is 5.54 Å². The molecule has 1 aromatic rings. The molecule has 6 nitrogen and oxygen atoms in total. The van der Waals surface area contributed by atoms with E-state index in [9.17, 15) is 14.7 Å². The standard InChI is InChI=1S/C17H21NO5/c1-11-4-6-17(7-5-11,16(20)21)18-15(19)9-12-2-3-13-14(8-12)23-10-22-13/h2-3,8,11H,4-7,9-10H2,1H3,(H,18,19)(H,20,21). The number of amides is 1. The van der Waals surface area contributed by atoms with Gasteiger partial charge in [-0.15, -0.1) is 0 Å². The van der Waals surface area contributed by atoms with Crippen LogP contribution in [0.25, 0.3) is 0 Å². The Morgan fingerprint density at radius 3 is 2.65 bits per heavy atom. The van der Waals surface area contributed by atoms with Gasteiger partial charge in [0.2, 0.25) is 12.7 Å². The molecule has 3 rings (SSSR count). The molecule has 1 fully saturated rings. The number of hydrogen-bond acceptors (Lipinski definition) is 4. The van der Waals surface area contributed by atoms with Crippen molar-refractivity contribution in [2.75, 3.05) is 6.79 Å². The lowest BCUT2D eigenvalue weighted by atomic mass is 9.77. The van der Waals surface area contributed by atoms with E-state index in [1.807, 2.05) is 0 Å². The van der Waals surface area contributed by atoms with Gasteiger partial charge in [0.15, 0.2) is 11.5 Å². The number of carboxylic acids is 1. The average molecular weight is 319 g/mol. The second kappa shape index (κ2) is 6.10. The quantitative estimate of drug-likeness (QED) is 0.888. The first kappa shape index (κ1) is 15.6. The number of ether oxygens (including phenoxy) is 2. The van der Waals surface area contributed by atoms with Crippen LogP contribution < -0.4 is 14.8 Å². The minimum Gasteiger partial charge on any atom is -0.480 e. The van der Waals surface area contributed by atoms with Crippen molar-refractivity contribution < 1.29 is 24.2 Å². The Balaban J connectivity index is 1.67. The van der Waals surface area contributed by atoms with Gasteiger partial charge >= 0.3 is 5.97 Å². The lowest BCUT2D eigenvalue weighted by Gasteiger charge is -2.36. The molecule has 1 amide bonds. The van der Waals surface area contributed by atoms with Gasteiger partial charge in [-0.2, -0.15) is 0 Å². The summed E-state index contributed by atoms with van der Waals surface area (Å²) in [6, 6.07) is 5.32. The molecular formula is C17H21NO5. The summed E-state index contributed by atoms with van der Waals surface area (Å²) < 4.78 is 10.5. The van der Waals surface area contributed by atoms with E-state index in [2.05, 4.69) is 12.2 Å². The molecule has 2 aliphatic rings. The lowest BCUT2D eigenvalue weighted by molar-refractivity contribution is -0.149. The van der Waals surface area contributed by atoms with Crippen LogP contribution in [0.1, 0.15) is 38.2 Å². The first-order valence-electron chi connectivity index (χ1n) is 7.91. The van der Waals surface area contributed by atoms with Crippen molar-refractivity contribution in [3.8, 4) is 11.5 Å². The summed E-state index contributed by atoms with van der Waals surface area (Å²) in [4.78, 5) is 24.0. The van der Waals surface area contributed by atoms with Crippen LogP contribution in [0, 0.1) is 5.92 Å². The van der Waals surface area contributed by atoms with Crippen molar-refractivity contribution >= 4 is 11.9 Å². The van der Waals surface area contributed by atoms with Gasteiger partial charge in [-0.25, -0.2) is 4.79 Å². The van der Waals surface area contributed by atoms with Crippen LogP contribution in [0.5, 0.6) is 11.5 Å². The van der Waals surface area contributed by atoms with E-state index >= 15 is 0 Å². The molecular weight excluding hydrogens is 298 g/mol. The van der Waals surface area contributed by atoms with Crippen molar-refractivity contribution in [3.63, 3.8) is 0 Å². The minimum absolute atomic E-state index is 0.126. The summed E-state index contributed by atoms with van der Waals surface area (Å²) in [6.45, 7) is 2.30. The van der Waals surface area contributed by atoms with E-state index < -0.39 is 11.5 Å². The molecule has 2 N–H and O–H groups in total. The van der Waals surface area contributed by atoms with Crippen LogP contribution >= 0.6 is 0 Å². The van der Waals surface area contributed by atoms with Crippen molar-refractivity contribution in [1.29, 1.82) is 0 Å². The van der Waals surface area contributed by atoms with Crippen molar-refractivity contribution in [2.24, 2.45) is 5.92 Å². The molecule has 0 spiro atoms. The SMILES string of the molecule is CC1CCC(NC(=O)Cc2ccc3c(c2)OCO3)(C(=O)O)CC1. The zero-order valence-electron chi connectivity index (χ0n) is 13.1. The highest BCUT2D eigenvalue weighted by atomic mass is 16.7. The fraction of sp³-hybridized carbons (Fsp3) is 0.529. The third-order valence-electron chi connectivity index (χ3n) is 4.72. The normalized spacial score (nSPS) is 25.9. The van der Waals surface area contributed by atoms with Gasteiger partial charge in [0, 0.05) is 0 Å². The first-order chi connectivity index (χ1) is 11.0. The molecule has 0 bridgehead atoms. The first-order valence-corrected chi connectivity index (χ1v) is 7.91. The summed E-state index contributed by atoms with van der Waals surface area (Å²) in [7, 11) is 0. The van der Waals surface area contributed by atoms with Gasteiger partial charge in [0.05, 0.1) is 6.42 Å². The highest BCUT2D eigenvalue weighted by Crippen LogP contribution is 2.34. The number of carboxylic acid groups (broad SMARTS) is 1. The Morgan fingerprint density at radius 2 is 1.96 bits per heavy atom. The topological polar surface area (TPSA) is 84.9 Å². The van der Waals surface area contributed by atoms with Gasteiger partial charge in [-0.3, -0.25) is 4.79 Å². The van der Waals surface area contributed by atoms with Gasteiger partial charge in [-0.05, 0) is 49.3 Å². The number of carbonyl (C=O) groups excluding carboxylic acids is 1. The fourth-order valence-corrected chi connectivity index (χ4v) is 3.19. The Labute approximate surface area is 134 Å². The number of aliphatic carboxylic acids is 1. The molecule has 1 saturated carbocycles. The second-order valence-electron chi connectivity index (χ2n) is 6.48. The fourth-order valence-electron chi connectivity index (χ4n) is 3.19. The number of fused-ring (bicyclic) bond motifs is 1. The smallest absolute Gasteiger partial charge is 0.329 e. The lowest BCUT2D eigenvalue weighted by Crippen LogP contribution is -2.56. The van der Waals surface area contributed by atoms with Crippen LogP contribution in [0.4, 0.5) is 0 Å². The zero-order valence-corrected chi connectivity index (χ0v) is 13.1. The molecule has 1 heterocycles. The number of carbonyl (C=O) groups is 2. The van der Waals surface area contributed by atoms with Crippen LogP contribution in [0.3, 0.4) is 0 Å². The molecule has 0 unspecified atom stereocenters. The van der Waals surface area contributed by atoms with Crippen LogP contribution in [-0.2, 0) is 16.0 Å². The molecule has 124 valence electrons. The maximum atomic E-state index is 12.3. The van der Waals surface area contributed by atoms with Crippen LogP contribution in [0.2, 0.25) is 0 Å². The maximum absolute atomic E-state index is 12.3. The van der Waals surface area contributed by atoms with E-state index in [1.54, 1.807) is 18.2 Å². The summed E-state index contributed by atoms with van der Waals surface area (Å²) >= 11 is 0. The number of rotatable bonds is 4. The van der Waals surface area contributed by atoms with Crippen molar-refractivity contribution in [3.05, 3.63) is 23.8 Å². The average Bonchev–Trinajstić information content (AvgIpc) is 2.97. The Morgan fingerprint density at radius 1 is 1.26 bits per heavy atom. The minimum atomic E-state index is -1.13. The molecule has 1 aliphatic heterocycles. The zero-order chi connectivity index (χ0) is 16.4. The molecule has 23 heavy (non-hydrogen) atoms. The van der Waals surface area contributed by atoms with Crippen molar-refractivity contribution in [1.82, 2.24) is 5.32 Å². The second-order valence-corrected chi connectivity index (χ2v) is 6.48. The van der Waals surface area contributed by atoms with Crippen LogP contribution in [-0.4, -0.2) is 29.3 Å². The van der Waals surface area contributed by atoms with Gasteiger partial charge in [0.25, 0.3) is 0 Å². The predicted octanol–water partition coefficient (Wildman–Crippen LogP) is 2.11. The summed E-state index contributed by atoms with van der Waals surface area (Å²) in [5.41, 5.74) is -0.351. The molecule has 0 aromatic heterocycles. The predicted molar refractivity (Wildman–Crippen MR) is 82.4 cm³/mol. The summed E-state index contributed by atoms with van der Waals surface area (Å²) in [5.74, 6) is 0.574. The highest BCUT2D eigenvalue weighted by Gasteiger charge is 2.42. The largest absolute Gasteiger partial charge is 0.480 e. The van der Waals surface area contributed by atoms with E-state index in [1.165, 1.54) is 0 Å². The van der Waals surface area contributed by atoms with E-state index in [-0.39, 0.29) is 19.1 Å². The Hall–Kier alpha value is -2.24. The maximum Gasteiger partial charge on any atom is 0.329 e. The number of benzene rings is 1. The molecule has 1 aromatic carbocycles.